The summed E-state index contributed by atoms with van der Waals surface area (Å²) in [6, 6.07) is 1.14. The summed E-state index contributed by atoms with van der Waals surface area (Å²) in [5.41, 5.74) is 0. The first-order valence-electron chi connectivity index (χ1n) is 9.94. The summed E-state index contributed by atoms with van der Waals surface area (Å²) in [7, 11) is 6.22. The van der Waals surface area contributed by atoms with Crippen LogP contribution in [-0.2, 0) is 4.74 Å². The molecule has 154 valence electrons. The number of morpholine rings is 1. The third kappa shape index (κ3) is 8.27. The van der Waals surface area contributed by atoms with Crippen molar-refractivity contribution in [3.63, 3.8) is 0 Å². The van der Waals surface area contributed by atoms with Crippen molar-refractivity contribution in [1.82, 2.24) is 20.4 Å². The molecule has 2 unspecified atom stereocenters. The molecule has 26 heavy (non-hydrogen) atoms. The summed E-state index contributed by atoms with van der Waals surface area (Å²) in [6.07, 6.45) is 3.93. The van der Waals surface area contributed by atoms with Crippen molar-refractivity contribution in [3.8, 4) is 0 Å². The maximum absolute atomic E-state index is 5.51. The number of hydrogen-bond donors (Lipinski definition) is 2. The lowest BCUT2D eigenvalue weighted by Gasteiger charge is -2.36. The first-order valence-corrected chi connectivity index (χ1v) is 9.94. The largest absolute Gasteiger partial charge is 0.379 e. The van der Waals surface area contributed by atoms with Gasteiger partial charge in [-0.05, 0) is 45.2 Å². The molecule has 0 radical (unpaired) electrons. The second-order valence-corrected chi connectivity index (χ2v) is 8.13. The molecule has 2 atom stereocenters. The van der Waals surface area contributed by atoms with Gasteiger partial charge in [-0.1, -0.05) is 13.8 Å². The van der Waals surface area contributed by atoms with Crippen LogP contribution in [0.2, 0.25) is 0 Å². The Labute approximate surface area is 177 Å². The summed E-state index contributed by atoms with van der Waals surface area (Å²) in [4.78, 5) is 9.33. The van der Waals surface area contributed by atoms with Crippen molar-refractivity contribution in [2.24, 2.45) is 16.8 Å². The summed E-state index contributed by atoms with van der Waals surface area (Å²) in [5, 5.41) is 7.10. The second kappa shape index (κ2) is 12.4. The number of ether oxygens (including phenoxy) is 1. The van der Waals surface area contributed by atoms with Crippen molar-refractivity contribution in [3.05, 3.63) is 0 Å². The molecule has 0 aromatic heterocycles. The fraction of sp³-hybridized carbons (Fsp3) is 0.947. The number of nitrogens with one attached hydrogen (secondary N) is 2. The van der Waals surface area contributed by atoms with E-state index in [0.717, 1.165) is 51.3 Å². The number of likely N-dealkylation sites (N-methyl/N-ethyl adjacent to an activating group) is 1. The van der Waals surface area contributed by atoms with Gasteiger partial charge in [0.25, 0.3) is 0 Å². The van der Waals surface area contributed by atoms with Crippen LogP contribution < -0.4 is 10.6 Å². The van der Waals surface area contributed by atoms with E-state index in [1.54, 1.807) is 0 Å². The predicted octanol–water partition coefficient (Wildman–Crippen LogP) is 1.86. The van der Waals surface area contributed by atoms with E-state index in [1.165, 1.54) is 19.3 Å². The minimum atomic E-state index is 0. The number of hydrogen-bond acceptors (Lipinski definition) is 4. The van der Waals surface area contributed by atoms with Crippen molar-refractivity contribution >= 4 is 29.9 Å². The van der Waals surface area contributed by atoms with Crippen LogP contribution in [-0.4, -0.2) is 88.4 Å². The minimum absolute atomic E-state index is 0. The Hall–Kier alpha value is -0.120. The summed E-state index contributed by atoms with van der Waals surface area (Å²) >= 11 is 0. The number of nitrogens with zero attached hydrogens (tertiary/aromatic N) is 3. The third-order valence-electron chi connectivity index (χ3n) is 5.34. The first-order chi connectivity index (χ1) is 12.0. The number of rotatable bonds is 9. The molecule has 6 nitrogen and oxygen atoms in total. The van der Waals surface area contributed by atoms with Gasteiger partial charge in [0.05, 0.1) is 13.2 Å². The summed E-state index contributed by atoms with van der Waals surface area (Å²) in [5.74, 6) is 2.47. The van der Waals surface area contributed by atoms with Crippen LogP contribution in [0.3, 0.4) is 0 Å². The Morgan fingerprint density at radius 2 is 1.77 bits per heavy atom. The molecule has 0 amide bonds. The van der Waals surface area contributed by atoms with Gasteiger partial charge in [0, 0.05) is 45.3 Å². The molecule has 1 saturated carbocycles. The fourth-order valence-corrected chi connectivity index (χ4v) is 3.74. The van der Waals surface area contributed by atoms with Gasteiger partial charge in [-0.3, -0.25) is 9.89 Å². The lowest BCUT2D eigenvalue weighted by molar-refractivity contribution is 0.0132. The van der Waals surface area contributed by atoms with Crippen molar-refractivity contribution < 1.29 is 4.74 Å². The van der Waals surface area contributed by atoms with E-state index in [4.69, 9.17) is 4.74 Å². The highest BCUT2D eigenvalue weighted by molar-refractivity contribution is 14.0. The number of guanidine groups is 1. The standard InChI is InChI=1S/C19H39N5O.HI/c1-15(2)12-17(24-8-10-25-11-9-24)13-21-19(20-3)22-14-18(23(4)5)16-6-7-16;/h15-18H,6-14H2,1-5H3,(H2,20,21,22);1H. The second-order valence-electron chi connectivity index (χ2n) is 8.13. The summed E-state index contributed by atoms with van der Waals surface area (Å²) < 4.78 is 5.51. The van der Waals surface area contributed by atoms with E-state index in [2.05, 4.69) is 53.4 Å². The van der Waals surface area contributed by atoms with Crippen LogP contribution in [0.5, 0.6) is 0 Å². The zero-order chi connectivity index (χ0) is 18.2. The van der Waals surface area contributed by atoms with Crippen LogP contribution in [0.1, 0.15) is 33.1 Å². The molecule has 1 aliphatic heterocycles. The first kappa shape index (κ1) is 23.9. The SMILES string of the molecule is CN=C(NCC(C1CC1)N(C)C)NCC(CC(C)C)N1CCOCC1.I. The average Bonchev–Trinajstić information content (AvgIpc) is 3.41. The van der Waals surface area contributed by atoms with Gasteiger partial charge in [-0.15, -0.1) is 24.0 Å². The molecule has 0 bridgehead atoms. The Morgan fingerprint density at radius 3 is 2.27 bits per heavy atom. The van der Waals surface area contributed by atoms with Crippen LogP contribution >= 0.6 is 24.0 Å². The van der Waals surface area contributed by atoms with Gasteiger partial charge in [0.15, 0.2) is 5.96 Å². The third-order valence-corrected chi connectivity index (χ3v) is 5.34. The molecule has 2 rings (SSSR count). The molecule has 0 aromatic rings. The van der Waals surface area contributed by atoms with Crippen LogP contribution in [0.25, 0.3) is 0 Å². The van der Waals surface area contributed by atoms with Crippen molar-refractivity contribution in [1.29, 1.82) is 0 Å². The van der Waals surface area contributed by atoms with Gasteiger partial charge >= 0.3 is 0 Å². The lowest BCUT2D eigenvalue weighted by atomic mass is 10.0. The van der Waals surface area contributed by atoms with Gasteiger partial charge < -0.3 is 20.3 Å². The van der Waals surface area contributed by atoms with E-state index in [1.807, 2.05) is 7.05 Å². The fourth-order valence-electron chi connectivity index (χ4n) is 3.74. The molecule has 0 spiro atoms. The maximum atomic E-state index is 5.51. The smallest absolute Gasteiger partial charge is 0.191 e. The molecule has 2 fully saturated rings. The molecule has 2 N–H and O–H groups in total. The highest BCUT2D eigenvalue weighted by Crippen LogP contribution is 2.34. The Kier molecular flexibility index (Phi) is 11.4. The van der Waals surface area contributed by atoms with Gasteiger partial charge in [0.2, 0.25) is 0 Å². The number of aliphatic imine (C=N–C) groups is 1. The molecule has 0 aromatic carbocycles. The molecule has 2 aliphatic rings. The highest BCUT2D eigenvalue weighted by Gasteiger charge is 2.32. The topological polar surface area (TPSA) is 52.1 Å². The van der Waals surface area contributed by atoms with E-state index in [-0.39, 0.29) is 24.0 Å². The zero-order valence-corrected chi connectivity index (χ0v) is 19.7. The van der Waals surface area contributed by atoms with Gasteiger partial charge in [-0.25, -0.2) is 0 Å². The predicted molar refractivity (Wildman–Crippen MR) is 121 cm³/mol. The quantitative estimate of drug-likeness (QED) is 0.299. The highest BCUT2D eigenvalue weighted by atomic mass is 127. The van der Waals surface area contributed by atoms with Gasteiger partial charge in [-0.2, -0.15) is 0 Å². The van der Waals surface area contributed by atoms with E-state index < -0.39 is 0 Å². The van der Waals surface area contributed by atoms with Crippen molar-refractivity contribution in [2.45, 2.75) is 45.2 Å². The molecular formula is C19H40IN5O. The molecular weight excluding hydrogens is 441 g/mol. The van der Waals surface area contributed by atoms with Gasteiger partial charge in [0.1, 0.15) is 0 Å². The number of halogens is 1. The molecule has 1 aliphatic carbocycles. The maximum Gasteiger partial charge on any atom is 0.191 e. The van der Waals surface area contributed by atoms with Crippen LogP contribution in [0, 0.1) is 11.8 Å². The Morgan fingerprint density at radius 1 is 1.15 bits per heavy atom. The monoisotopic (exact) mass is 481 g/mol. The van der Waals surface area contributed by atoms with E-state index >= 15 is 0 Å². The van der Waals surface area contributed by atoms with Crippen LogP contribution in [0.15, 0.2) is 4.99 Å². The minimum Gasteiger partial charge on any atom is -0.379 e. The molecule has 1 heterocycles. The van der Waals surface area contributed by atoms with E-state index in [0.29, 0.717) is 18.0 Å². The van der Waals surface area contributed by atoms with Crippen LogP contribution in [0.4, 0.5) is 0 Å². The summed E-state index contributed by atoms with van der Waals surface area (Å²) in [6.45, 7) is 10.3. The molecule has 7 heteroatoms. The molecule has 1 saturated heterocycles. The Bertz CT molecular complexity index is 407. The zero-order valence-electron chi connectivity index (χ0n) is 17.3. The lowest BCUT2D eigenvalue weighted by Crippen LogP contribution is -2.52. The Balaban J connectivity index is 0.00000338. The van der Waals surface area contributed by atoms with Crippen molar-refractivity contribution in [2.75, 3.05) is 60.5 Å². The van der Waals surface area contributed by atoms with E-state index in [9.17, 15) is 0 Å². The average molecular weight is 481 g/mol. The normalized spacial score (nSPS) is 21.4.